The molecule has 1 atom stereocenters. The number of rotatable bonds is 3. The molecule has 0 fully saturated rings. The van der Waals surface area contributed by atoms with Crippen LogP contribution in [0.4, 0.5) is 11.5 Å². The number of hydrogen-bond donors (Lipinski definition) is 2. The molecular weight excluding hydrogens is 326 g/mol. The molecule has 0 saturated heterocycles. The van der Waals surface area contributed by atoms with Crippen LogP contribution in [0.5, 0.6) is 0 Å². The number of fused-ring (bicyclic) bond motifs is 1. The molecular formula is C13H13N3O2S3. The van der Waals surface area contributed by atoms with E-state index in [1.807, 2.05) is 37.4 Å². The number of nitrogens with one attached hydrogen (secondary N) is 2. The molecule has 1 unspecified atom stereocenters. The van der Waals surface area contributed by atoms with Crippen LogP contribution in [0, 0.1) is 0 Å². The first-order valence-corrected chi connectivity index (χ1v) is 8.62. The summed E-state index contributed by atoms with van der Waals surface area (Å²) in [5.41, 5.74) is 0.961. The number of nitrogens with zero attached hydrogens (tertiary/aromatic N) is 1. The molecule has 0 radical (unpaired) electrons. The summed E-state index contributed by atoms with van der Waals surface area (Å²) in [6.07, 6.45) is 1.63. The van der Waals surface area contributed by atoms with Crippen molar-refractivity contribution in [3.63, 3.8) is 0 Å². The Hall–Kier alpha value is -1.51. The average Bonchev–Trinajstić information content (AvgIpc) is 2.92. The molecule has 0 bridgehead atoms. The largest absolute Gasteiger partial charge is 0.460 e. The fourth-order valence-corrected chi connectivity index (χ4v) is 4.04. The lowest BCUT2D eigenvalue weighted by Gasteiger charge is -2.33. The second-order valence-corrected chi connectivity index (χ2v) is 7.71. The van der Waals surface area contributed by atoms with Crippen molar-refractivity contribution >= 4 is 51.2 Å². The summed E-state index contributed by atoms with van der Waals surface area (Å²) in [7, 11) is -1.29. The van der Waals surface area contributed by atoms with E-state index in [4.69, 9.17) is 17.0 Å². The van der Waals surface area contributed by atoms with Crippen molar-refractivity contribution in [3.8, 4) is 0 Å². The fraction of sp³-hybridized carbons (Fsp3) is 0.231. The SMILES string of the molecule is CC1(C)OC(=S)Nc2ncc(NS(=O)c3cccs3)cc21. The van der Waals surface area contributed by atoms with Gasteiger partial charge in [-0.25, -0.2) is 9.19 Å². The molecule has 0 amide bonds. The Balaban J connectivity index is 1.89. The van der Waals surface area contributed by atoms with Gasteiger partial charge in [-0.1, -0.05) is 6.07 Å². The predicted octanol–water partition coefficient (Wildman–Crippen LogP) is 3.24. The maximum atomic E-state index is 12.2. The summed E-state index contributed by atoms with van der Waals surface area (Å²) in [6.45, 7) is 3.83. The van der Waals surface area contributed by atoms with Crippen molar-refractivity contribution in [2.24, 2.45) is 0 Å². The van der Waals surface area contributed by atoms with Gasteiger partial charge in [0.15, 0.2) is 11.0 Å². The molecule has 3 rings (SSSR count). The molecule has 2 aromatic rings. The molecule has 0 spiro atoms. The van der Waals surface area contributed by atoms with E-state index in [2.05, 4.69) is 15.0 Å². The minimum Gasteiger partial charge on any atom is -0.460 e. The highest BCUT2D eigenvalue weighted by atomic mass is 32.2. The molecule has 0 aromatic carbocycles. The van der Waals surface area contributed by atoms with E-state index >= 15 is 0 Å². The normalized spacial score (nSPS) is 17.3. The zero-order chi connectivity index (χ0) is 15.0. The van der Waals surface area contributed by atoms with Crippen molar-refractivity contribution < 1.29 is 8.95 Å². The molecule has 1 aliphatic heterocycles. The van der Waals surface area contributed by atoms with Crippen molar-refractivity contribution in [2.45, 2.75) is 23.7 Å². The van der Waals surface area contributed by atoms with Crippen molar-refractivity contribution in [1.29, 1.82) is 0 Å². The van der Waals surface area contributed by atoms with Crippen LogP contribution in [0.15, 0.2) is 34.0 Å². The molecule has 0 aliphatic carbocycles. The van der Waals surface area contributed by atoms with E-state index in [1.165, 1.54) is 11.3 Å². The summed E-state index contributed by atoms with van der Waals surface area (Å²) in [5, 5.41) is 5.12. The van der Waals surface area contributed by atoms with Gasteiger partial charge in [-0.05, 0) is 43.6 Å². The van der Waals surface area contributed by atoms with E-state index in [0.29, 0.717) is 16.7 Å². The number of thiophene rings is 1. The standard InChI is InChI=1S/C13H13N3O2S3/c1-13(2)9-6-8(7-14-11(9)15-12(19)18-13)16-21(17)10-4-3-5-20-10/h3-7,16H,1-2H3,(H,14,15,19). The predicted molar refractivity (Wildman–Crippen MR) is 88.9 cm³/mol. The van der Waals surface area contributed by atoms with Crippen LogP contribution in [0.3, 0.4) is 0 Å². The van der Waals surface area contributed by atoms with Gasteiger partial charge in [0.05, 0.1) is 11.9 Å². The van der Waals surface area contributed by atoms with Crippen molar-refractivity contribution in [2.75, 3.05) is 10.0 Å². The number of pyridine rings is 1. The minimum atomic E-state index is -1.29. The number of aromatic nitrogens is 1. The Kier molecular flexibility index (Phi) is 3.68. The summed E-state index contributed by atoms with van der Waals surface area (Å²) in [5.74, 6) is 0.670. The van der Waals surface area contributed by atoms with E-state index in [1.54, 1.807) is 6.20 Å². The first-order chi connectivity index (χ1) is 9.95. The number of hydrogen-bond acceptors (Lipinski definition) is 5. The van der Waals surface area contributed by atoms with Crippen LogP contribution in [-0.2, 0) is 21.3 Å². The number of ether oxygens (including phenoxy) is 1. The molecule has 8 heteroatoms. The van der Waals surface area contributed by atoms with Gasteiger partial charge in [-0.15, -0.1) is 11.3 Å². The van der Waals surface area contributed by atoms with E-state index in [9.17, 15) is 4.21 Å². The van der Waals surface area contributed by atoms with Crippen molar-refractivity contribution in [1.82, 2.24) is 4.98 Å². The topological polar surface area (TPSA) is 63.2 Å². The zero-order valence-electron chi connectivity index (χ0n) is 11.4. The fourth-order valence-electron chi connectivity index (χ4n) is 2.01. The summed E-state index contributed by atoms with van der Waals surface area (Å²) < 4.78 is 21.5. The van der Waals surface area contributed by atoms with Gasteiger partial charge in [0, 0.05) is 5.56 Å². The highest BCUT2D eigenvalue weighted by Crippen LogP contribution is 2.35. The minimum absolute atomic E-state index is 0.308. The molecule has 110 valence electrons. The van der Waals surface area contributed by atoms with Gasteiger partial charge in [0.2, 0.25) is 0 Å². The molecule has 0 saturated carbocycles. The molecule has 5 nitrogen and oxygen atoms in total. The highest BCUT2D eigenvalue weighted by Gasteiger charge is 2.32. The first-order valence-electron chi connectivity index (χ1n) is 6.18. The van der Waals surface area contributed by atoms with Crippen LogP contribution < -0.4 is 10.0 Å². The highest BCUT2D eigenvalue weighted by molar-refractivity contribution is 7.88. The third-order valence-corrected chi connectivity index (χ3v) is 5.51. The quantitative estimate of drug-likeness (QED) is 0.841. The Morgan fingerprint density at radius 1 is 1.52 bits per heavy atom. The lowest BCUT2D eigenvalue weighted by atomic mass is 9.97. The Morgan fingerprint density at radius 2 is 2.33 bits per heavy atom. The van der Waals surface area contributed by atoms with Crippen LogP contribution in [0.25, 0.3) is 0 Å². The molecule has 2 aromatic heterocycles. The van der Waals surface area contributed by atoms with Gasteiger partial charge in [0.1, 0.15) is 15.6 Å². The zero-order valence-corrected chi connectivity index (χ0v) is 13.8. The van der Waals surface area contributed by atoms with Gasteiger partial charge in [0.25, 0.3) is 5.17 Å². The average molecular weight is 339 g/mol. The number of thiocarbonyl (C=S) groups is 1. The smallest absolute Gasteiger partial charge is 0.263 e. The summed E-state index contributed by atoms with van der Waals surface area (Å²) in [4.78, 5) is 4.33. The summed E-state index contributed by atoms with van der Waals surface area (Å²) in [6, 6.07) is 5.57. The van der Waals surface area contributed by atoms with E-state index in [-0.39, 0.29) is 0 Å². The van der Waals surface area contributed by atoms with Gasteiger partial charge in [-0.3, -0.25) is 4.72 Å². The van der Waals surface area contributed by atoms with Crippen molar-refractivity contribution in [3.05, 3.63) is 35.3 Å². The Labute approximate surface area is 134 Å². The third-order valence-electron chi connectivity index (χ3n) is 2.99. The van der Waals surface area contributed by atoms with E-state index in [0.717, 1.165) is 9.77 Å². The second-order valence-electron chi connectivity index (χ2n) is 4.95. The van der Waals surface area contributed by atoms with Crippen LogP contribution in [0.1, 0.15) is 19.4 Å². The monoisotopic (exact) mass is 339 g/mol. The number of anilines is 2. The first kappa shape index (κ1) is 14.4. The lowest BCUT2D eigenvalue weighted by molar-refractivity contribution is 0.0942. The van der Waals surface area contributed by atoms with Gasteiger partial charge < -0.3 is 10.1 Å². The van der Waals surface area contributed by atoms with Crippen LogP contribution in [0.2, 0.25) is 0 Å². The lowest BCUT2D eigenvalue weighted by Crippen LogP contribution is -2.35. The van der Waals surface area contributed by atoms with Crippen LogP contribution >= 0.6 is 23.6 Å². The van der Waals surface area contributed by atoms with Gasteiger partial charge >= 0.3 is 0 Å². The molecule has 1 aliphatic rings. The maximum absolute atomic E-state index is 12.2. The molecule has 21 heavy (non-hydrogen) atoms. The second kappa shape index (κ2) is 5.36. The van der Waals surface area contributed by atoms with E-state index < -0.39 is 16.6 Å². The Morgan fingerprint density at radius 3 is 3.05 bits per heavy atom. The molecule has 2 N–H and O–H groups in total. The maximum Gasteiger partial charge on any atom is 0.263 e. The molecule has 3 heterocycles. The summed E-state index contributed by atoms with van der Waals surface area (Å²) >= 11 is 6.49. The van der Waals surface area contributed by atoms with Crippen LogP contribution in [-0.4, -0.2) is 14.4 Å². The van der Waals surface area contributed by atoms with Gasteiger partial charge in [-0.2, -0.15) is 0 Å². The third kappa shape index (κ3) is 2.92. The Bertz CT molecular complexity index is 713.